The minimum atomic E-state index is -3.77. The molecule has 0 bridgehead atoms. The number of hydrazone groups is 1. The maximum absolute atomic E-state index is 13.1. The highest BCUT2D eigenvalue weighted by Crippen LogP contribution is 2.21. The number of aryl methyl sites for hydroxylation is 1. The number of rotatable bonds is 6. The number of hydrogen-bond donors (Lipinski definition) is 1. The summed E-state index contributed by atoms with van der Waals surface area (Å²) in [6, 6.07) is 22.5. The molecular formula is C24H19BrN2O4S. The molecule has 0 saturated heterocycles. The highest BCUT2D eigenvalue weighted by Gasteiger charge is 2.22. The third kappa shape index (κ3) is 4.98. The van der Waals surface area contributed by atoms with E-state index in [1.165, 1.54) is 0 Å². The fourth-order valence-electron chi connectivity index (χ4n) is 3.12. The zero-order valence-electron chi connectivity index (χ0n) is 17.1. The SMILES string of the molecule is Cc1ccc(S(=O)(=O)C/C(=N\Nc2ccccc2)c2cc3cc(Br)ccc3oc2=O)cc1. The molecule has 0 saturated carbocycles. The van der Waals surface area contributed by atoms with Crippen LogP contribution in [-0.4, -0.2) is 19.9 Å². The molecular weight excluding hydrogens is 492 g/mol. The monoisotopic (exact) mass is 510 g/mol. The molecule has 0 aliphatic rings. The number of sulfone groups is 1. The molecule has 4 aromatic rings. The van der Waals surface area contributed by atoms with Crippen LogP contribution in [0.3, 0.4) is 0 Å². The lowest BCUT2D eigenvalue weighted by atomic mass is 10.1. The summed E-state index contributed by atoms with van der Waals surface area (Å²) in [5.41, 5.74) is 4.33. The van der Waals surface area contributed by atoms with Crippen molar-refractivity contribution < 1.29 is 12.8 Å². The van der Waals surface area contributed by atoms with Gasteiger partial charge >= 0.3 is 5.63 Å². The Morgan fingerprint density at radius 3 is 2.44 bits per heavy atom. The van der Waals surface area contributed by atoms with Crippen molar-refractivity contribution in [1.82, 2.24) is 0 Å². The minimum Gasteiger partial charge on any atom is -0.422 e. The largest absolute Gasteiger partial charge is 0.422 e. The van der Waals surface area contributed by atoms with Crippen LogP contribution < -0.4 is 11.1 Å². The normalized spacial score (nSPS) is 12.1. The van der Waals surface area contributed by atoms with Crippen LogP contribution in [0.5, 0.6) is 0 Å². The fourth-order valence-corrected chi connectivity index (χ4v) is 4.80. The van der Waals surface area contributed by atoms with Gasteiger partial charge in [0.25, 0.3) is 0 Å². The van der Waals surface area contributed by atoms with Crippen LogP contribution in [0.1, 0.15) is 11.1 Å². The first kappa shape index (κ1) is 22.0. The van der Waals surface area contributed by atoms with Gasteiger partial charge in [-0.1, -0.05) is 51.8 Å². The van der Waals surface area contributed by atoms with Crippen LogP contribution in [0.25, 0.3) is 11.0 Å². The Bertz CT molecular complexity index is 1460. The van der Waals surface area contributed by atoms with Gasteiger partial charge in [0.15, 0.2) is 9.84 Å². The Labute approximate surface area is 193 Å². The average molecular weight is 511 g/mol. The number of nitrogens with one attached hydrogen (secondary N) is 1. The first-order valence-corrected chi connectivity index (χ1v) is 12.2. The zero-order valence-corrected chi connectivity index (χ0v) is 19.5. The summed E-state index contributed by atoms with van der Waals surface area (Å²) in [5, 5.41) is 4.95. The lowest BCUT2D eigenvalue weighted by Crippen LogP contribution is -2.24. The van der Waals surface area contributed by atoms with Crippen molar-refractivity contribution in [3.05, 3.63) is 105 Å². The number of nitrogens with zero attached hydrogens (tertiary/aromatic N) is 1. The predicted octanol–water partition coefficient (Wildman–Crippen LogP) is 5.15. The van der Waals surface area contributed by atoms with Crippen LogP contribution in [0.4, 0.5) is 5.69 Å². The van der Waals surface area contributed by atoms with Gasteiger partial charge in [0.2, 0.25) is 0 Å². The molecule has 0 amide bonds. The molecule has 6 nitrogen and oxygen atoms in total. The molecule has 3 aromatic carbocycles. The third-order valence-corrected chi connectivity index (χ3v) is 6.94. The average Bonchev–Trinajstić information content (AvgIpc) is 2.77. The van der Waals surface area contributed by atoms with E-state index in [1.54, 1.807) is 60.7 Å². The van der Waals surface area contributed by atoms with Crippen molar-refractivity contribution in [1.29, 1.82) is 0 Å². The topological polar surface area (TPSA) is 88.7 Å². The van der Waals surface area contributed by atoms with E-state index in [1.807, 2.05) is 25.1 Å². The smallest absolute Gasteiger partial charge is 0.345 e. The number of para-hydroxylation sites is 1. The molecule has 1 aromatic heterocycles. The molecule has 32 heavy (non-hydrogen) atoms. The third-order valence-electron chi connectivity index (χ3n) is 4.81. The van der Waals surface area contributed by atoms with Crippen LogP contribution >= 0.6 is 15.9 Å². The Morgan fingerprint density at radius 1 is 1.00 bits per heavy atom. The van der Waals surface area contributed by atoms with E-state index in [0.29, 0.717) is 16.7 Å². The van der Waals surface area contributed by atoms with Gasteiger partial charge in [0.05, 0.1) is 27.6 Å². The molecule has 0 atom stereocenters. The quantitative estimate of drug-likeness (QED) is 0.220. The van der Waals surface area contributed by atoms with Gasteiger partial charge in [0.1, 0.15) is 5.58 Å². The summed E-state index contributed by atoms with van der Waals surface area (Å²) in [4.78, 5) is 12.9. The second-order valence-corrected chi connectivity index (χ2v) is 10.1. The zero-order chi connectivity index (χ0) is 22.7. The van der Waals surface area contributed by atoms with Gasteiger partial charge in [-0.25, -0.2) is 13.2 Å². The fraction of sp³-hybridized carbons (Fsp3) is 0.0833. The van der Waals surface area contributed by atoms with Gasteiger partial charge in [-0.2, -0.15) is 5.10 Å². The van der Waals surface area contributed by atoms with E-state index in [-0.39, 0.29) is 16.2 Å². The Hall–Kier alpha value is -3.23. The van der Waals surface area contributed by atoms with E-state index < -0.39 is 21.2 Å². The lowest BCUT2D eigenvalue weighted by Gasteiger charge is -2.10. The molecule has 0 radical (unpaired) electrons. The summed E-state index contributed by atoms with van der Waals surface area (Å²) >= 11 is 3.40. The molecule has 8 heteroatoms. The number of anilines is 1. The van der Waals surface area contributed by atoms with Crippen LogP contribution in [0.2, 0.25) is 0 Å². The standard InChI is InChI=1S/C24H19BrN2O4S/c1-16-7-10-20(11-8-16)32(29,30)15-22(27-26-19-5-3-2-4-6-19)21-14-17-13-18(25)9-12-23(17)31-24(21)28/h2-14,26H,15H2,1H3/b27-22+. The summed E-state index contributed by atoms with van der Waals surface area (Å²) in [7, 11) is -3.77. The molecule has 0 spiro atoms. The summed E-state index contributed by atoms with van der Waals surface area (Å²) < 4.78 is 32.5. The second-order valence-electron chi connectivity index (χ2n) is 7.24. The minimum absolute atomic E-state index is 0.0602. The highest BCUT2D eigenvalue weighted by molar-refractivity contribution is 9.10. The molecule has 162 valence electrons. The second kappa shape index (κ2) is 9.10. The van der Waals surface area contributed by atoms with E-state index >= 15 is 0 Å². The maximum Gasteiger partial charge on any atom is 0.345 e. The van der Waals surface area contributed by atoms with Crippen molar-refractivity contribution >= 4 is 48.1 Å². The van der Waals surface area contributed by atoms with Crippen LogP contribution in [-0.2, 0) is 9.84 Å². The van der Waals surface area contributed by atoms with Crippen LogP contribution in [0, 0.1) is 6.92 Å². The summed E-state index contributed by atoms with van der Waals surface area (Å²) in [5.74, 6) is -0.472. The van der Waals surface area contributed by atoms with E-state index in [2.05, 4.69) is 26.5 Å². The number of halogens is 1. The van der Waals surface area contributed by atoms with Gasteiger partial charge in [-0.3, -0.25) is 5.43 Å². The maximum atomic E-state index is 13.1. The van der Waals surface area contributed by atoms with Gasteiger partial charge in [-0.15, -0.1) is 0 Å². The predicted molar refractivity (Wildman–Crippen MR) is 130 cm³/mol. The highest BCUT2D eigenvalue weighted by atomic mass is 79.9. The Balaban J connectivity index is 1.81. The molecule has 0 unspecified atom stereocenters. The van der Waals surface area contributed by atoms with Crippen molar-refractivity contribution in [3.8, 4) is 0 Å². The van der Waals surface area contributed by atoms with Gasteiger partial charge in [-0.05, 0) is 55.5 Å². The Kier molecular flexibility index (Phi) is 6.25. The Morgan fingerprint density at radius 2 is 1.72 bits per heavy atom. The van der Waals surface area contributed by atoms with Gasteiger partial charge < -0.3 is 4.42 Å². The van der Waals surface area contributed by atoms with Crippen molar-refractivity contribution in [2.45, 2.75) is 11.8 Å². The van der Waals surface area contributed by atoms with Crippen molar-refractivity contribution in [2.75, 3.05) is 11.2 Å². The summed E-state index contributed by atoms with van der Waals surface area (Å²) in [6.45, 7) is 1.88. The van der Waals surface area contributed by atoms with Crippen molar-refractivity contribution in [2.24, 2.45) is 5.10 Å². The van der Waals surface area contributed by atoms with Gasteiger partial charge in [0, 0.05) is 9.86 Å². The molecule has 1 heterocycles. The van der Waals surface area contributed by atoms with Crippen molar-refractivity contribution in [3.63, 3.8) is 0 Å². The number of fused-ring (bicyclic) bond motifs is 1. The summed E-state index contributed by atoms with van der Waals surface area (Å²) in [6.07, 6.45) is 0. The van der Waals surface area contributed by atoms with E-state index in [0.717, 1.165) is 10.0 Å². The van der Waals surface area contributed by atoms with E-state index in [4.69, 9.17) is 4.42 Å². The first-order chi connectivity index (χ1) is 15.3. The molecule has 1 N–H and O–H groups in total. The van der Waals surface area contributed by atoms with E-state index in [9.17, 15) is 13.2 Å². The molecule has 0 aliphatic heterocycles. The van der Waals surface area contributed by atoms with Crippen LogP contribution in [0.15, 0.2) is 103 Å². The molecule has 0 fully saturated rings. The number of benzene rings is 3. The first-order valence-electron chi connectivity index (χ1n) is 9.73. The number of hydrogen-bond acceptors (Lipinski definition) is 6. The molecule has 4 rings (SSSR count). The molecule has 0 aliphatic carbocycles. The lowest BCUT2D eigenvalue weighted by molar-refractivity contribution is 0.559.